The number of sulfonamides is 1. The maximum atomic E-state index is 12.7. The van der Waals surface area contributed by atoms with E-state index in [0.717, 1.165) is 5.69 Å². The van der Waals surface area contributed by atoms with Crippen molar-refractivity contribution in [1.82, 2.24) is 9.21 Å². The number of anilines is 1. The van der Waals surface area contributed by atoms with Crippen molar-refractivity contribution in [2.75, 3.05) is 45.2 Å². The summed E-state index contributed by atoms with van der Waals surface area (Å²) in [6.45, 7) is 2.38. The van der Waals surface area contributed by atoms with Gasteiger partial charge in [-0.1, -0.05) is 18.2 Å². The van der Waals surface area contributed by atoms with E-state index in [1.807, 2.05) is 30.3 Å². The Morgan fingerprint density at radius 1 is 1.24 bits per heavy atom. The molecule has 0 spiro atoms. The zero-order valence-electron chi connectivity index (χ0n) is 14.4. The topological polar surface area (TPSA) is 79.0 Å². The van der Waals surface area contributed by atoms with E-state index in [1.165, 1.54) is 0 Å². The maximum Gasteiger partial charge on any atom is 0.321 e. The molecule has 25 heavy (non-hydrogen) atoms. The predicted octanol–water partition coefficient (Wildman–Crippen LogP) is 1.59. The highest BCUT2D eigenvalue weighted by Crippen LogP contribution is 2.34. The fraction of sp³-hybridized carbons (Fsp3) is 0.588. The Morgan fingerprint density at radius 2 is 1.96 bits per heavy atom. The molecule has 138 valence electrons. The number of likely N-dealkylation sites (tertiary alicyclic amines) is 1. The Bertz CT molecular complexity index is 695. The lowest BCUT2D eigenvalue weighted by Gasteiger charge is -2.22. The fourth-order valence-corrected chi connectivity index (χ4v) is 5.86. The molecule has 2 aliphatic rings. The second-order valence-corrected chi connectivity index (χ2v) is 8.71. The molecule has 3 rings (SSSR count). The molecule has 0 saturated carbocycles. The summed E-state index contributed by atoms with van der Waals surface area (Å²) in [5.74, 6) is 0.0800. The van der Waals surface area contributed by atoms with Crippen LogP contribution in [-0.4, -0.2) is 68.8 Å². The molecule has 0 aliphatic carbocycles. The van der Waals surface area contributed by atoms with E-state index in [2.05, 4.69) is 5.32 Å². The highest BCUT2D eigenvalue weighted by molar-refractivity contribution is 7.90. The standard InChI is InChI=1S/C17H25N3O4S/c1-24-12-11-20-13-14-7-9-19(10-8-16(14)25(20,22)23)17(21)18-15-5-3-2-4-6-15/h2-6,14,16H,7-13H2,1H3,(H,18,21)/t14-,16-/m1/s1. The van der Waals surface area contributed by atoms with Crippen molar-refractivity contribution in [3.63, 3.8) is 0 Å². The van der Waals surface area contributed by atoms with Crippen molar-refractivity contribution in [2.24, 2.45) is 5.92 Å². The molecule has 2 amide bonds. The lowest BCUT2D eigenvalue weighted by atomic mass is 10.0. The quantitative estimate of drug-likeness (QED) is 0.877. The summed E-state index contributed by atoms with van der Waals surface area (Å²) in [6.07, 6.45) is 1.19. The molecule has 0 aromatic heterocycles. The van der Waals surface area contributed by atoms with E-state index < -0.39 is 10.0 Å². The number of ether oxygens (including phenoxy) is 1. The van der Waals surface area contributed by atoms with Crippen LogP contribution in [0.2, 0.25) is 0 Å². The summed E-state index contributed by atoms with van der Waals surface area (Å²) in [5.41, 5.74) is 0.746. The van der Waals surface area contributed by atoms with Crippen LogP contribution in [-0.2, 0) is 14.8 Å². The van der Waals surface area contributed by atoms with E-state index in [0.29, 0.717) is 45.6 Å². The lowest BCUT2D eigenvalue weighted by molar-refractivity contribution is 0.178. The van der Waals surface area contributed by atoms with Gasteiger partial charge in [-0.15, -0.1) is 0 Å². The molecule has 2 aliphatic heterocycles. The van der Waals surface area contributed by atoms with Gasteiger partial charge in [0.15, 0.2) is 0 Å². The minimum atomic E-state index is -3.30. The van der Waals surface area contributed by atoms with Gasteiger partial charge in [0.05, 0.1) is 11.9 Å². The van der Waals surface area contributed by atoms with Gasteiger partial charge < -0.3 is 15.0 Å². The lowest BCUT2D eigenvalue weighted by Crippen LogP contribution is -2.37. The Hall–Kier alpha value is -1.64. The van der Waals surface area contributed by atoms with Gasteiger partial charge in [-0.2, -0.15) is 4.31 Å². The third kappa shape index (κ3) is 3.96. The summed E-state index contributed by atoms with van der Waals surface area (Å²) >= 11 is 0. The molecule has 2 saturated heterocycles. The van der Waals surface area contributed by atoms with Gasteiger partial charge in [0, 0.05) is 39.0 Å². The summed E-state index contributed by atoms with van der Waals surface area (Å²) < 4.78 is 32.0. The SMILES string of the molecule is COCCN1C[C@H]2CCN(C(=O)Nc3ccccc3)CC[C@H]2S1(=O)=O. The van der Waals surface area contributed by atoms with Crippen molar-refractivity contribution < 1.29 is 17.9 Å². The van der Waals surface area contributed by atoms with Crippen LogP contribution in [0, 0.1) is 5.92 Å². The first kappa shape index (κ1) is 18.2. The Labute approximate surface area is 149 Å². The smallest absolute Gasteiger partial charge is 0.321 e. The van der Waals surface area contributed by atoms with Gasteiger partial charge in [0.1, 0.15) is 0 Å². The zero-order chi connectivity index (χ0) is 17.9. The average molecular weight is 367 g/mol. The zero-order valence-corrected chi connectivity index (χ0v) is 15.2. The number of amides is 2. The average Bonchev–Trinajstić information content (AvgIpc) is 2.75. The Kier molecular flexibility index (Phi) is 5.61. The van der Waals surface area contributed by atoms with E-state index in [9.17, 15) is 13.2 Å². The molecule has 8 heteroatoms. The molecule has 1 aromatic carbocycles. The number of benzene rings is 1. The van der Waals surface area contributed by atoms with Crippen LogP contribution < -0.4 is 5.32 Å². The molecule has 2 atom stereocenters. The summed E-state index contributed by atoms with van der Waals surface area (Å²) in [5, 5.41) is 2.48. The Morgan fingerprint density at radius 3 is 2.68 bits per heavy atom. The van der Waals surface area contributed by atoms with Crippen LogP contribution in [0.3, 0.4) is 0 Å². The van der Waals surface area contributed by atoms with Gasteiger partial charge in [0.25, 0.3) is 0 Å². The number of methoxy groups -OCH3 is 1. The molecule has 7 nitrogen and oxygen atoms in total. The number of hydrogen-bond acceptors (Lipinski definition) is 4. The van der Waals surface area contributed by atoms with Crippen LogP contribution in [0.25, 0.3) is 0 Å². The van der Waals surface area contributed by atoms with Crippen molar-refractivity contribution in [3.05, 3.63) is 30.3 Å². The monoisotopic (exact) mass is 367 g/mol. The first-order valence-electron chi connectivity index (χ1n) is 8.61. The maximum absolute atomic E-state index is 12.7. The van der Waals surface area contributed by atoms with E-state index in [4.69, 9.17) is 4.74 Å². The summed E-state index contributed by atoms with van der Waals surface area (Å²) in [4.78, 5) is 14.2. The number of fused-ring (bicyclic) bond motifs is 1. The fourth-order valence-electron chi connectivity index (χ4n) is 3.63. The third-order valence-corrected chi connectivity index (χ3v) is 7.45. The van der Waals surface area contributed by atoms with Crippen LogP contribution in [0.15, 0.2) is 30.3 Å². The molecular formula is C17H25N3O4S. The van der Waals surface area contributed by atoms with Crippen LogP contribution in [0.5, 0.6) is 0 Å². The van der Waals surface area contributed by atoms with Crippen LogP contribution in [0.4, 0.5) is 10.5 Å². The van der Waals surface area contributed by atoms with Crippen molar-refractivity contribution >= 4 is 21.7 Å². The predicted molar refractivity (Wildman–Crippen MR) is 95.9 cm³/mol. The first-order valence-corrected chi connectivity index (χ1v) is 10.1. The molecule has 2 heterocycles. The van der Waals surface area contributed by atoms with Gasteiger partial charge in [-0.3, -0.25) is 0 Å². The number of nitrogens with one attached hydrogen (secondary N) is 1. The number of hydrogen-bond donors (Lipinski definition) is 1. The van der Waals surface area contributed by atoms with Crippen molar-refractivity contribution in [1.29, 1.82) is 0 Å². The molecule has 0 radical (unpaired) electrons. The van der Waals surface area contributed by atoms with Crippen molar-refractivity contribution in [3.8, 4) is 0 Å². The van der Waals surface area contributed by atoms with Gasteiger partial charge in [-0.05, 0) is 30.9 Å². The first-order chi connectivity index (χ1) is 12.0. The molecule has 0 bridgehead atoms. The minimum Gasteiger partial charge on any atom is -0.383 e. The second kappa shape index (κ2) is 7.72. The molecule has 1 N–H and O–H groups in total. The van der Waals surface area contributed by atoms with Crippen LogP contribution in [0.1, 0.15) is 12.8 Å². The third-order valence-electron chi connectivity index (χ3n) is 5.02. The van der Waals surface area contributed by atoms with Gasteiger partial charge in [-0.25, -0.2) is 13.2 Å². The molecule has 0 unspecified atom stereocenters. The minimum absolute atomic E-state index is 0.0800. The number of para-hydroxylation sites is 1. The van der Waals surface area contributed by atoms with E-state index in [1.54, 1.807) is 16.3 Å². The number of urea groups is 1. The Balaban J connectivity index is 1.62. The molecule has 2 fully saturated rings. The van der Waals surface area contributed by atoms with Crippen molar-refractivity contribution in [2.45, 2.75) is 18.1 Å². The molecule has 1 aromatic rings. The normalized spacial score (nSPS) is 26.0. The van der Waals surface area contributed by atoms with E-state index >= 15 is 0 Å². The molecular weight excluding hydrogens is 342 g/mol. The number of rotatable bonds is 4. The number of carbonyl (C=O) groups excluding carboxylic acids is 1. The number of carbonyl (C=O) groups is 1. The highest BCUT2D eigenvalue weighted by Gasteiger charge is 2.46. The van der Waals surface area contributed by atoms with E-state index in [-0.39, 0.29) is 17.2 Å². The number of nitrogens with zero attached hydrogens (tertiary/aromatic N) is 2. The van der Waals surface area contributed by atoms with Gasteiger partial charge in [0.2, 0.25) is 10.0 Å². The van der Waals surface area contributed by atoms with Gasteiger partial charge >= 0.3 is 6.03 Å². The largest absolute Gasteiger partial charge is 0.383 e. The van der Waals surface area contributed by atoms with Crippen LogP contribution >= 0.6 is 0 Å². The summed E-state index contributed by atoms with van der Waals surface area (Å²) in [6, 6.07) is 9.13. The highest BCUT2D eigenvalue weighted by atomic mass is 32.2. The second-order valence-electron chi connectivity index (χ2n) is 6.55. The summed E-state index contributed by atoms with van der Waals surface area (Å²) in [7, 11) is -1.72.